The minimum Gasteiger partial charge on any atom is -0.387 e. The molecule has 0 aromatic carbocycles. The zero-order valence-corrected chi connectivity index (χ0v) is 31.0. The number of unbranched alkanes of at least 4 members (excludes halogenated alkanes) is 24. The normalized spacial score (nSPS) is 14.5. The summed E-state index contributed by atoms with van der Waals surface area (Å²) in [5, 5.41) is 13.5. The van der Waals surface area contributed by atoms with Gasteiger partial charge in [-0.2, -0.15) is 0 Å². The molecule has 5 N–H and O–H groups in total. The van der Waals surface area contributed by atoms with Crippen LogP contribution in [0, 0.1) is 0 Å². The number of carbonyl (C=O) groups excluding carboxylic acids is 1. The summed E-state index contributed by atoms with van der Waals surface area (Å²) in [4.78, 5) is 22.5. The molecule has 0 aliphatic carbocycles. The van der Waals surface area contributed by atoms with Crippen LogP contribution in [0.1, 0.15) is 187 Å². The molecular weight excluding hydrogens is 599 g/mol. The second-order valence-electron chi connectivity index (χ2n) is 13.1. The Balaban J connectivity index is 4.03. The first kappa shape index (κ1) is 45.2. The predicted molar refractivity (Wildman–Crippen MR) is 194 cm³/mol. The van der Waals surface area contributed by atoms with Crippen LogP contribution in [-0.4, -0.2) is 47.8 Å². The first-order valence-corrected chi connectivity index (χ1v) is 20.8. The lowest BCUT2D eigenvalue weighted by Gasteiger charge is -2.23. The Morgan fingerprint density at radius 3 is 1.54 bits per heavy atom. The van der Waals surface area contributed by atoms with Gasteiger partial charge in [-0.25, -0.2) is 4.57 Å². The number of hydrogen-bond acceptors (Lipinski definition) is 6. The molecule has 0 aromatic rings. The van der Waals surface area contributed by atoms with Crippen molar-refractivity contribution in [1.29, 1.82) is 0 Å². The van der Waals surface area contributed by atoms with E-state index in [4.69, 9.17) is 14.8 Å². The highest BCUT2D eigenvalue weighted by molar-refractivity contribution is 7.47. The van der Waals surface area contributed by atoms with Crippen LogP contribution < -0.4 is 11.1 Å². The number of phosphoric acid groups is 1. The summed E-state index contributed by atoms with van der Waals surface area (Å²) >= 11 is 0. The van der Waals surface area contributed by atoms with Crippen LogP contribution >= 0.6 is 7.82 Å². The van der Waals surface area contributed by atoms with Gasteiger partial charge in [0.2, 0.25) is 5.91 Å². The van der Waals surface area contributed by atoms with Gasteiger partial charge in [0.25, 0.3) is 0 Å². The van der Waals surface area contributed by atoms with Crippen LogP contribution in [0.5, 0.6) is 0 Å². The van der Waals surface area contributed by atoms with E-state index in [-0.39, 0.29) is 25.7 Å². The third kappa shape index (κ3) is 31.8. The van der Waals surface area contributed by atoms with Crippen molar-refractivity contribution in [3.05, 3.63) is 12.2 Å². The Morgan fingerprint density at radius 2 is 1.11 bits per heavy atom. The van der Waals surface area contributed by atoms with Crippen molar-refractivity contribution in [2.45, 2.75) is 199 Å². The smallest absolute Gasteiger partial charge is 0.387 e. The lowest BCUT2D eigenvalue weighted by atomic mass is 10.0. The highest BCUT2D eigenvalue weighted by atomic mass is 31.2. The van der Waals surface area contributed by atoms with Crippen LogP contribution in [0.2, 0.25) is 0 Å². The molecule has 46 heavy (non-hydrogen) atoms. The predicted octanol–water partition coefficient (Wildman–Crippen LogP) is 10.1. The van der Waals surface area contributed by atoms with E-state index in [0.29, 0.717) is 6.42 Å². The molecule has 8 nitrogen and oxygen atoms in total. The molecule has 0 rings (SSSR count). The standard InChI is InChI=1S/C37H75N2O6P/c1-3-5-7-9-11-12-13-14-15-16-17-18-19-20-21-22-23-25-27-29-31-37(41)39-35(34-45-46(42,43)44-33-32-38)36(40)30-28-26-24-10-8-6-4-2/h28,30,35-36,40H,3-27,29,31-34,38H2,1-2H3,(H,39,41)(H,42,43)/b30-28+. The minimum atomic E-state index is -4.32. The first-order chi connectivity index (χ1) is 22.4. The summed E-state index contributed by atoms with van der Waals surface area (Å²) in [7, 11) is -4.32. The maximum atomic E-state index is 12.6. The van der Waals surface area contributed by atoms with E-state index in [1.165, 1.54) is 128 Å². The van der Waals surface area contributed by atoms with Crippen molar-refractivity contribution < 1.29 is 28.4 Å². The van der Waals surface area contributed by atoms with Crippen LogP contribution in [0.3, 0.4) is 0 Å². The number of aliphatic hydroxyl groups is 1. The number of phosphoric ester groups is 1. The van der Waals surface area contributed by atoms with Gasteiger partial charge >= 0.3 is 7.82 Å². The van der Waals surface area contributed by atoms with Crippen LogP contribution in [0.15, 0.2) is 12.2 Å². The molecule has 0 bridgehead atoms. The molecule has 1 amide bonds. The minimum absolute atomic E-state index is 0.0805. The topological polar surface area (TPSA) is 131 Å². The van der Waals surface area contributed by atoms with Gasteiger partial charge in [-0.3, -0.25) is 13.8 Å². The molecule has 0 radical (unpaired) electrons. The molecular formula is C37H75N2O6P. The molecule has 0 spiro atoms. The number of nitrogens with two attached hydrogens (primary N) is 1. The van der Waals surface area contributed by atoms with Crippen molar-refractivity contribution in [2.75, 3.05) is 19.8 Å². The molecule has 0 saturated heterocycles. The maximum Gasteiger partial charge on any atom is 0.472 e. The van der Waals surface area contributed by atoms with E-state index >= 15 is 0 Å². The Kier molecular flexibility index (Phi) is 33.6. The Morgan fingerprint density at radius 1 is 0.696 bits per heavy atom. The summed E-state index contributed by atoms with van der Waals surface area (Å²) in [6.45, 7) is 4.08. The van der Waals surface area contributed by atoms with Gasteiger partial charge in [-0.1, -0.05) is 174 Å². The summed E-state index contributed by atoms with van der Waals surface area (Å²) in [5.74, 6) is -0.196. The molecule has 274 valence electrons. The van der Waals surface area contributed by atoms with E-state index in [2.05, 4.69) is 19.2 Å². The van der Waals surface area contributed by atoms with E-state index in [9.17, 15) is 19.4 Å². The molecule has 9 heteroatoms. The zero-order valence-electron chi connectivity index (χ0n) is 30.1. The summed E-state index contributed by atoms with van der Waals surface area (Å²) in [6.07, 6.45) is 35.7. The average molecular weight is 675 g/mol. The highest BCUT2D eigenvalue weighted by Gasteiger charge is 2.26. The SMILES string of the molecule is CCCCCCC/C=C/C(O)C(COP(=O)(O)OCCN)NC(=O)CCCCCCCCCCCCCCCCCCCCCC. The van der Waals surface area contributed by atoms with E-state index in [1.807, 2.05) is 6.08 Å². The highest BCUT2D eigenvalue weighted by Crippen LogP contribution is 2.43. The van der Waals surface area contributed by atoms with E-state index in [1.54, 1.807) is 6.08 Å². The molecule has 3 atom stereocenters. The monoisotopic (exact) mass is 675 g/mol. The zero-order chi connectivity index (χ0) is 34.0. The lowest BCUT2D eigenvalue weighted by Crippen LogP contribution is -2.45. The van der Waals surface area contributed by atoms with Gasteiger partial charge in [0, 0.05) is 13.0 Å². The quantitative estimate of drug-likeness (QED) is 0.0295. The Labute approximate surface area is 284 Å². The van der Waals surface area contributed by atoms with Crippen molar-refractivity contribution >= 4 is 13.7 Å². The van der Waals surface area contributed by atoms with E-state index in [0.717, 1.165) is 38.5 Å². The van der Waals surface area contributed by atoms with Crippen LogP contribution in [-0.2, 0) is 18.4 Å². The summed E-state index contributed by atoms with van der Waals surface area (Å²) in [6, 6.07) is -0.851. The third-order valence-electron chi connectivity index (χ3n) is 8.61. The van der Waals surface area contributed by atoms with Crippen LogP contribution in [0.25, 0.3) is 0 Å². The van der Waals surface area contributed by atoms with Gasteiger partial charge in [0.05, 0.1) is 25.4 Å². The van der Waals surface area contributed by atoms with Crippen LogP contribution in [0.4, 0.5) is 0 Å². The fourth-order valence-electron chi connectivity index (χ4n) is 5.66. The van der Waals surface area contributed by atoms with Gasteiger partial charge in [-0.05, 0) is 19.3 Å². The number of amides is 1. The summed E-state index contributed by atoms with van der Waals surface area (Å²) in [5.41, 5.74) is 5.34. The molecule has 0 aliphatic rings. The number of aliphatic hydroxyl groups excluding tert-OH is 1. The van der Waals surface area contributed by atoms with Gasteiger partial charge in [-0.15, -0.1) is 0 Å². The number of rotatable bonds is 36. The van der Waals surface area contributed by atoms with Crippen molar-refractivity contribution in [1.82, 2.24) is 5.32 Å². The van der Waals surface area contributed by atoms with Crippen molar-refractivity contribution in [3.8, 4) is 0 Å². The summed E-state index contributed by atoms with van der Waals surface area (Å²) < 4.78 is 21.9. The van der Waals surface area contributed by atoms with Gasteiger partial charge < -0.3 is 21.1 Å². The van der Waals surface area contributed by atoms with Gasteiger partial charge in [0.1, 0.15) is 0 Å². The number of hydrogen-bond donors (Lipinski definition) is 4. The maximum absolute atomic E-state index is 12.6. The van der Waals surface area contributed by atoms with Crippen molar-refractivity contribution in [2.24, 2.45) is 5.73 Å². The Hall–Kier alpha value is -0.760. The largest absolute Gasteiger partial charge is 0.472 e. The number of nitrogens with one attached hydrogen (secondary N) is 1. The fraction of sp³-hybridized carbons (Fsp3) is 0.919. The molecule has 0 saturated carbocycles. The molecule has 0 fully saturated rings. The molecule has 3 unspecified atom stereocenters. The van der Waals surface area contributed by atoms with Crippen molar-refractivity contribution in [3.63, 3.8) is 0 Å². The third-order valence-corrected chi connectivity index (χ3v) is 9.60. The van der Waals surface area contributed by atoms with E-state index < -0.39 is 20.0 Å². The average Bonchev–Trinajstić information content (AvgIpc) is 3.04. The fourth-order valence-corrected chi connectivity index (χ4v) is 6.42. The second-order valence-corrected chi connectivity index (χ2v) is 14.6. The number of carbonyl (C=O) groups is 1. The molecule has 0 aliphatic heterocycles. The molecule has 0 aromatic heterocycles. The lowest BCUT2D eigenvalue weighted by molar-refractivity contribution is -0.123. The van der Waals surface area contributed by atoms with Gasteiger partial charge in [0.15, 0.2) is 0 Å². The molecule has 0 heterocycles. The Bertz CT molecular complexity index is 739. The second kappa shape index (κ2) is 34.1. The first-order valence-electron chi connectivity index (χ1n) is 19.3. The number of allylic oxidation sites excluding steroid dienone is 1.